The highest BCUT2D eigenvalue weighted by molar-refractivity contribution is 6.36. The number of anilines is 1. The van der Waals surface area contributed by atoms with Crippen molar-refractivity contribution in [2.24, 2.45) is 5.73 Å². The summed E-state index contributed by atoms with van der Waals surface area (Å²) in [6.45, 7) is 0.173. The number of nitrogens with two attached hydrogens (primary N) is 2. The summed E-state index contributed by atoms with van der Waals surface area (Å²) < 4.78 is 10.6. The fraction of sp³-hybridized carbons (Fsp3) is 0.158. The van der Waals surface area contributed by atoms with Crippen LogP contribution in [-0.2, 0) is 6.54 Å². The number of nitrogen functional groups attached to an aromatic ring is 1. The van der Waals surface area contributed by atoms with Gasteiger partial charge in [-0.05, 0) is 36.4 Å². The van der Waals surface area contributed by atoms with Gasteiger partial charge >= 0.3 is 0 Å². The number of aromatic nitrogens is 2. The van der Waals surface area contributed by atoms with E-state index in [0.717, 1.165) is 0 Å². The Hall–Kier alpha value is -2.54. The molecule has 0 amide bonds. The number of benzene rings is 2. The van der Waals surface area contributed by atoms with Gasteiger partial charge in [0, 0.05) is 28.3 Å². The Kier molecular flexibility index (Phi) is 5.70. The highest BCUT2D eigenvalue weighted by Crippen LogP contribution is 2.36. The maximum atomic E-state index is 6.37. The molecule has 0 fully saturated rings. The monoisotopic (exact) mass is 404 g/mol. The molecule has 3 aromatic rings. The van der Waals surface area contributed by atoms with E-state index in [-0.39, 0.29) is 6.54 Å². The van der Waals surface area contributed by atoms with Crippen LogP contribution in [0, 0.1) is 0 Å². The molecule has 0 spiro atoms. The minimum Gasteiger partial charge on any atom is -0.493 e. The maximum absolute atomic E-state index is 6.37. The molecule has 0 bridgehead atoms. The Bertz CT molecular complexity index is 996. The number of hydrogen-bond donors (Lipinski definition) is 2. The summed E-state index contributed by atoms with van der Waals surface area (Å²) in [5, 5.41) is 0.980. The van der Waals surface area contributed by atoms with Crippen LogP contribution in [0.15, 0.2) is 36.4 Å². The van der Waals surface area contributed by atoms with Gasteiger partial charge in [0.25, 0.3) is 0 Å². The highest BCUT2D eigenvalue weighted by Gasteiger charge is 2.17. The van der Waals surface area contributed by atoms with Gasteiger partial charge in [-0.3, -0.25) is 0 Å². The van der Waals surface area contributed by atoms with E-state index in [0.29, 0.717) is 55.6 Å². The van der Waals surface area contributed by atoms with Crippen LogP contribution in [0.2, 0.25) is 10.0 Å². The molecule has 6 nitrogen and oxygen atoms in total. The Morgan fingerprint density at radius 1 is 0.963 bits per heavy atom. The third-order valence-corrected chi connectivity index (χ3v) is 4.62. The SMILES string of the molecule is COc1ccc(-c2nc(N)c(CN)c(-c3ccc(Cl)cc3Cl)n2)cc1OC. The molecule has 1 heterocycles. The van der Waals surface area contributed by atoms with Gasteiger partial charge in [0.15, 0.2) is 17.3 Å². The second kappa shape index (κ2) is 8.00. The summed E-state index contributed by atoms with van der Waals surface area (Å²) in [6, 6.07) is 10.5. The Balaban J connectivity index is 2.21. The fourth-order valence-corrected chi connectivity index (χ4v) is 3.21. The van der Waals surface area contributed by atoms with Crippen molar-refractivity contribution >= 4 is 29.0 Å². The molecule has 0 aliphatic heterocycles. The van der Waals surface area contributed by atoms with Crippen LogP contribution >= 0.6 is 23.2 Å². The molecule has 0 atom stereocenters. The molecule has 0 aliphatic rings. The van der Waals surface area contributed by atoms with Gasteiger partial charge in [-0.25, -0.2) is 9.97 Å². The van der Waals surface area contributed by atoms with E-state index in [2.05, 4.69) is 9.97 Å². The lowest BCUT2D eigenvalue weighted by molar-refractivity contribution is 0.355. The second-order valence-corrected chi connectivity index (χ2v) is 6.50. The topological polar surface area (TPSA) is 96.3 Å². The predicted molar refractivity (Wildman–Crippen MR) is 108 cm³/mol. The first kappa shape index (κ1) is 19.2. The molecule has 2 aromatic carbocycles. The molecule has 0 aliphatic carbocycles. The molecule has 8 heteroatoms. The van der Waals surface area contributed by atoms with Gasteiger partial charge in [-0.1, -0.05) is 23.2 Å². The standard InChI is InChI=1S/C19H18Cl2N4O2/c1-26-15-6-3-10(7-16(15)27-2)19-24-17(13(9-22)18(23)25-19)12-5-4-11(20)8-14(12)21/h3-8H,9,22H2,1-2H3,(H2,23,24,25). The molecular formula is C19H18Cl2N4O2. The number of rotatable bonds is 5. The molecule has 4 N–H and O–H groups in total. The summed E-state index contributed by atoms with van der Waals surface area (Å²) >= 11 is 12.4. The first-order valence-electron chi connectivity index (χ1n) is 8.02. The summed E-state index contributed by atoms with van der Waals surface area (Å²) in [7, 11) is 3.13. The van der Waals surface area contributed by atoms with Crippen LogP contribution in [0.5, 0.6) is 11.5 Å². The number of hydrogen-bond acceptors (Lipinski definition) is 6. The van der Waals surface area contributed by atoms with Crippen LogP contribution in [0.25, 0.3) is 22.6 Å². The predicted octanol–water partition coefficient (Wildman–Crippen LogP) is 4.18. The minimum absolute atomic E-state index is 0.173. The van der Waals surface area contributed by atoms with Crippen molar-refractivity contribution in [2.45, 2.75) is 6.54 Å². The van der Waals surface area contributed by atoms with Crippen molar-refractivity contribution in [3.05, 3.63) is 52.0 Å². The van der Waals surface area contributed by atoms with Gasteiger partial charge in [-0.2, -0.15) is 0 Å². The maximum Gasteiger partial charge on any atom is 0.162 e. The molecule has 0 unspecified atom stereocenters. The number of methoxy groups -OCH3 is 2. The molecule has 0 saturated carbocycles. The average molecular weight is 405 g/mol. The fourth-order valence-electron chi connectivity index (χ4n) is 2.71. The van der Waals surface area contributed by atoms with Gasteiger partial charge < -0.3 is 20.9 Å². The van der Waals surface area contributed by atoms with Gasteiger partial charge in [-0.15, -0.1) is 0 Å². The van der Waals surface area contributed by atoms with E-state index in [4.69, 9.17) is 44.1 Å². The third-order valence-electron chi connectivity index (χ3n) is 4.07. The molecule has 3 rings (SSSR count). The smallest absolute Gasteiger partial charge is 0.162 e. The Morgan fingerprint density at radius 2 is 1.70 bits per heavy atom. The van der Waals surface area contributed by atoms with Crippen molar-refractivity contribution in [1.29, 1.82) is 0 Å². The molecule has 1 aromatic heterocycles. The van der Waals surface area contributed by atoms with E-state index in [1.165, 1.54) is 0 Å². The van der Waals surface area contributed by atoms with Crippen LogP contribution < -0.4 is 20.9 Å². The first-order valence-corrected chi connectivity index (χ1v) is 8.78. The van der Waals surface area contributed by atoms with E-state index >= 15 is 0 Å². The average Bonchev–Trinajstić information content (AvgIpc) is 2.66. The van der Waals surface area contributed by atoms with Crippen molar-refractivity contribution in [3.8, 4) is 34.1 Å². The van der Waals surface area contributed by atoms with Crippen molar-refractivity contribution in [2.75, 3.05) is 20.0 Å². The molecule has 0 saturated heterocycles. The number of ether oxygens (including phenoxy) is 2. The van der Waals surface area contributed by atoms with Crippen molar-refractivity contribution in [1.82, 2.24) is 9.97 Å². The van der Waals surface area contributed by atoms with Crippen LogP contribution in [-0.4, -0.2) is 24.2 Å². The van der Waals surface area contributed by atoms with Crippen LogP contribution in [0.4, 0.5) is 5.82 Å². The minimum atomic E-state index is 0.173. The number of nitrogens with zero attached hydrogens (tertiary/aromatic N) is 2. The zero-order valence-electron chi connectivity index (χ0n) is 14.8. The lowest BCUT2D eigenvalue weighted by Crippen LogP contribution is -2.09. The summed E-state index contributed by atoms with van der Waals surface area (Å²) in [5.41, 5.74) is 14.6. The molecule has 27 heavy (non-hydrogen) atoms. The largest absolute Gasteiger partial charge is 0.493 e. The van der Waals surface area contributed by atoms with Crippen molar-refractivity contribution < 1.29 is 9.47 Å². The van der Waals surface area contributed by atoms with Gasteiger partial charge in [0.1, 0.15) is 5.82 Å². The third kappa shape index (κ3) is 3.78. The van der Waals surface area contributed by atoms with Crippen LogP contribution in [0.3, 0.4) is 0 Å². The zero-order chi connectivity index (χ0) is 19.6. The quantitative estimate of drug-likeness (QED) is 0.661. The van der Waals surface area contributed by atoms with E-state index in [1.807, 2.05) is 6.07 Å². The molecular weight excluding hydrogens is 387 g/mol. The lowest BCUT2D eigenvalue weighted by atomic mass is 10.1. The van der Waals surface area contributed by atoms with Gasteiger partial charge in [0.2, 0.25) is 0 Å². The van der Waals surface area contributed by atoms with E-state index in [1.54, 1.807) is 44.6 Å². The summed E-state index contributed by atoms with van der Waals surface area (Å²) in [4.78, 5) is 9.07. The Morgan fingerprint density at radius 3 is 2.33 bits per heavy atom. The summed E-state index contributed by atoms with van der Waals surface area (Å²) in [5.74, 6) is 1.88. The van der Waals surface area contributed by atoms with Gasteiger partial charge in [0.05, 0.1) is 24.9 Å². The van der Waals surface area contributed by atoms with Crippen LogP contribution in [0.1, 0.15) is 5.56 Å². The molecule has 140 valence electrons. The normalized spacial score (nSPS) is 10.7. The first-order chi connectivity index (χ1) is 13.0. The Labute approximate surface area is 167 Å². The van der Waals surface area contributed by atoms with Crippen molar-refractivity contribution in [3.63, 3.8) is 0 Å². The van der Waals surface area contributed by atoms with E-state index in [9.17, 15) is 0 Å². The summed E-state index contributed by atoms with van der Waals surface area (Å²) in [6.07, 6.45) is 0. The zero-order valence-corrected chi connectivity index (χ0v) is 16.3. The number of halogens is 2. The molecule has 0 radical (unpaired) electrons. The highest BCUT2D eigenvalue weighted by atomic mass is 35.5. The lowest BCUT2D eigenvalue weighted by Gasteiger charge is -2.14. The van der Waals surface area contributed by atoms with E-state index < -0.39 is 0 Å². The second-order valence-electron chi connectivity index (χ2n) is 5.66.